The molecule has 0 atom stereocenters. The lowest BCUT2D eigenvalue weighted by atomic mass is 10.1. The Labute approximate surface area is 121 Å². The second kappa shape index (κ2) is 5.79. The van der Waals surface area contributed by atoms with Gasteiger partial charge in [-0.2, -0.15) is 0 Å². The number of halogens is 2. The fraction of sp³-hybridized carbons (Fsp3) is 0.143. The zero-order valence-corrected chi connectivity index (χ0v) is 11.9. The summed E-state index contributed by atoms with van der Waals surface area (Å²) < 4.78 is 53.6. The summed E-state index contributed by atoms with van der Waals surface area (Å²) in [5.74, 6) is -2.34. The normalized spacial score (nSPS) is 11.4. The van der Waals surface area contributed by atoms with Crippen LogP contribution in [0.5, 0.6) is 0 Å². The molecule has 21 heavy (non-hydrogen) atoms. The SMILES string of the molecule is Cc1ccc(CO)cc1NS(=O)(=O)c1c(F)cccc1F. The van der Waals surface area contributed by atoms with E-state index < -0.39 is 26.6 Å². The zero-order chi connectivity index (χ0) is 15.6. The van der Waals surface area contributed by atoms with Crippen LogP contribution in [0.1, 0.15) is 11.1 Å². The first kappa shape index (κ1) is 15.4. The van der Waals surface area contributed by atoms with Crippen LogP contribution in [0, 0.1) is 18.6 Å². The molecule has 0 aromatic heterocycles. The highest BCUT2D eigenvalue weighted by molar-refractivity contribution is 7.92. The minimum absolute atomic E-state index is 0.157. The lowest BCUT2D eigenvalue weighted by molar-refractivity contribution is 0.282. The highest BCUT2D eigenvalue weighted by atomic mass is 32.2. The summed E-state index contributed by atoms with van der Waals surface area (Å²) in [7, 11) is -4.40. The molecule has 0 radical (unpaired) electrons. The van der Waals surface area contributed by atoms with E-state index in [1.807, 2.05) is 0 Å². The summed E-state index contributed by atoms with van der Waals surface area (Å²) in [5.41, 5.74) is 1.20. The molecule has 0 aliphatic heterocycles. The fourth-order valence-corrected chi connectivity index (χ4v) is 3.07. The second-order valence-electron chi connectivity index (χ2n) is 4.46. The van der Waals surface area contributed by atoms with E-state index in [0.717, 1.165) is 18.2 Å². The van der Waals surface area contributed by atoms with E-state index in [4.69, 9.17) is 5.11 Å². The van der Waals surface area contributed by atoms with Gasteiger partial charge in [-0.05, 0) is 36.2 Å². The van der Waals surface area contributed by atoms with Gasteiger partial charge in [-0.25, -0.2) is 17.2 Å². The Morgan fingerprint density at radius 1 is 1.14 bits per heavy atom. The van der Waals surface area contributed by atoms with Crippen molar-refractivity contribution in [3.05, 3.63) is 59.2 Å². The van der Waals surface area contributed by atoms with Crippen molar-refractivity contribution in [3.63, 3.8) is 0 Å². The number of sulfonamides is 1. The number of hydrogen-bond donors (Lipinski definition) is 2. The van der Waals surface area contributed by atoms with Gasteiger partial charge in [0.2, 0.25) is 0 Å². The van der Waals surface area contributed by atoms with Crippen LogP contribution in [0.15, 0.2) is 41.3 Å². The van der Waals surface area contributed by atoms with E-state index in [1.54, 1.807) is 19.1 Å². The minimum atomic E-state index is -4.40. The van der Waals surface area contributed by atoms with Gasteiger partial charge in [-0.15, -0.1) is 0 Å². The summed E-state index contributed by atoms with van der Waals surface area (Å²) in [6, 6.07) is 7.45. The zero-order valence-electron chi connectivity index (χ0n) is 11.1. The highest BCUT2D eigenvalue weighted by Crippen LogP contribution is 2.24. The molecule has 4 nitrogen and oxygen atoms in total. The molecule has 0 amide bonds. The van der Waals surface area contributed by atoms with E-state index in [0.29, 0.717) is 11.1 Å². The van der Waals surface area contributed by atoms with Gasteiger partial charge in [0.1, 0.15) is 11.6 Å². The quantitative estimate of drug-likeness (QED) is 0.911. The van der Waals surface area contributed by atoms with Crippen molar-refractivity contribution in [2.75, 3.05) is 4.72 Å². The van der Waals surface area contributed by atoms with E-state index in [9.17, 15) is 17.2 Å². The minimum Gasteiger partial charge on any atom is -0.392 e. The second-order valence-corrected chi connectivity index (χ2v) is 6.08. The lowest BCUT2D eigenvalue weighted by Gasteiger charge is -2.12. The van der Waals surface area contributed by atoms with Crippen molar-refractivity contribution < 1.29 is 22.3 Å². The number of aliphatic hydroxyl groups is 1. The van der Waals surface area contributed by atoms with Gasteiger partial charge in [0.15, 0.2) is 4.90 Å². The molecule has 0 spiro atoms. The van der Waals surface area contributed by atoms with E-state index in [-0.39, 0.29) is 12.3 Å². The fourth-order valence-electron chi connectivity index (χ4n) is 1.81. The average Bonchev–Trinajstić information content (AvgIpc) is 2.40. The number of anilines is 1. The summed E-state index contributed by atoms with van der Waals surface area (Å²) in [4.78, 5) is -1.03. The number of nitrogens with one attached hydrogen (secondary N) is 1. The van der Waals surface area contributed by atoms with Crippen LogP contribution in [0.25, 0.3) is 0 Å². The molecule has 0 saturated carbocycles. The molecule has 2 N–H and O–H groups in total. The van der Waals surface area contributed by atoms with Crippen molar-refractivity contribution in [1.82, 2.24) is 0 Å². The Kier molecular flexibility index (Phi) is 4.24. The van der Waals surface area contributed by atoms with Crippen molar-refractivity contribution >= 4 is 15.7 Å². The van der Waals surface area contributed by atoms with E-state index in [1.165, 1.54) is 6.07 Å². The van der Waals surface area contributed by atoms with Gasteiger partial charge in [0.25, 0.3) is 10.0 Å². The molecule has 0 saturated heterocycles. The molecule has 0 fully saturated rings. The smallest absolute Gasteiger partial charge is 0.267 e. The third kappa shape index (κ3) is 3.20. The van der Waals surface area contributed by atoms with Crippen LogP contribution < -0.4 is 4.72 Å². The first-order chi connectivity index (χ1) is 9.85. The van der Waals surface area contributed by atoms with Crippen molar-refractivity contribution in [3.8, 4) is 0 Å². The predicted molar refractivity (Wildman–Crippen MR) is 74.3 cm³/mol. The summed E-state index contributed by atoms with van der Waals surface area (Å²) in [5, 5.41) is 9.06. The number of rotatable bonds is 4. The Bertz CT molecular complexity index is 756. The maximum atomic E-state index is 13.6. The van der Waals surface area contributed by atoms with Crippen molar-refractivity contribution in [2.24, 2.45) is 0 Å². The molecule has 2 aromatic carbocycles. The van der Waals surface area contributed by atoms with Crippen LogP contribution in [-0.2, 0) is 16.6 Å². The summed E-state index contributed by atoms with van der Waals surface area (Å²) >= 11 is 0. The maximum Gasteiger partial charge on any atom is 0.267 e. The average molecular weight is 313 g/mol. The van der Waals surface area contributed by atoms with Crippen LogP contribution in [0.2, 0.25) is 0 Å². The summed E-state index contributed by atoms with van der Waals surface area (Å²) in [6.45, 7) is 1.36. The number of aryl methyl sites for hydroxylation is 1. The molecular weight excluding hydrogens is 300 g/mol. The summed E-state index contributed by atoms with van der Waals surface area (Å²) in [6.07, 6.45) is 0. The lowest BCUT2D eigenvalue weighted by Crippen LogP contribution is -2.17. The molecule has 0 bridgehead atoms. The van der Waals surface area contributed by atoms with E-state index in [2.05, 4.69) is 4.72 Å². The predicted octanol–water partition coefficient (Wildman–Crippen LogP) is 2.57. The Morgan fingerprint density at radius 2 is 1.76 bits per heavy atom. The molecule has 2 aromatic rings. The van der Waals surface area contributed by atoms with Gasteiger partial charge >= 0.3 is 0 Å². The topological polar surface area (TPSA) is 66.4 Å². The van der Waals surface area contributed by atoms with Crippen molar-refractivity contribution in [2.45, 2.75) is 18.4 Å². The molecule has 7 heteroatoms. The third-order valence-electron chi connectivity index (χ3n) is 2.92. The van der Waals surface area contributed by atoms with Crippen LogP contribution in [0.4, 0.5) is 14.5 Å². The first-order valence-electron chi connectivity index (χ1n) is 6.02. The van der Waals surface area contributed by atoms with Gasteiger partial charge in [0, 0.05) is 0 Å². The Morgan fingerprint density at radius 3 is 2.33 bits per heavy atom. The monoisotopic (exact) mass is 313 g/mol. The van der Waals surface area contributed by atoms with Crippen LogP contribution in [-0.4, -0.2) is 13.5 Å². The van der Waals surface area contributed by atoms with Gasteiger partial charge in [0.05, 0.1) is 12.3 Å². The van der Waals surface area contributed by atoms with Crippen LogP contribution >= 0.6 is 0 Å². The molecule has 0 aliphatic carbocycles. The first-order valence-corrected chi connectivity index (χ1v) is 7.50. The molecule has 0 heterocycles. The number of hydrogen-bond acceptors (Lipinski definition) is 3. The highest BCUT2D eigenvalue weighted by Gasteiger charge is 2.24. The van der Waals surface area contributed by atoms with Crippen LogP contribution in [0.3, 0.4) is 0 Å². The van der Waals surface area contributed by atoms with Gasteiger partial charge < -0.3 is 5.11 Å². The maximum absolute atomic E-state index is 13.6. The molecular formula is C14H13F2NO3S. The third-order valence-corrected chi connectivity index (χ3v) is 4.33. The largest absolute Gasteiger partial charge is 0.392 e. The number of benzene rings is 2. The Balaban J connectivity index is 2.47. The van der Waals surface area contributed by atoms with E-state index >= 15 is 0 Å². The molecule has 2 rings (SSSR count). The van der Waals surface area contributed by atoms with Gasteiger partial charge in [-0.1, -0.05) is 18.2 Å². The molecule has 0 aliphatic rings. The van der Waals surface area contributed by atoms with Crippen molar-refractivity contribution in [1.29, 1.82) is 0 Å². The van der Waals surface area contributed by atoms with Gasteiger partial charge in [-0.3, -0.25) is 4.72 Å². The Hall–Kier alpha value is -1.99. The standard InChI is InChI=1S/C14H13F2NO3S/c1-9-5-6-10(8-18)7-13(9)17-21(19,20)14-11(15)3-2-4-12(14)16/h2-7,17-18H,8H2,1H3. The number of aliphatic hydroxyl groups excluding tert-OH is 1. The molecule has 112 valence electrons. The molecule has 0 unspecified atom stereocenters.